The van der Waals surface area contributed by atoms with Gasteiger partial charge in [-0.3, -0.25) is 0 Å². The zero-order valence-corrected chi connectivity index (χ0v) is 14.8. The van der Waals surface area contributed by atoms with Gasteiger partial charge in [-0.05, 0) is 40.0 Å². The van der Waals surface area contributed by atoms with Crippen LogP contribution in [0.1, 0.15) is 40.0 Å². The van der Waals surface area contributed by atoms with Crippen molar-refractivity contribution >= 4 is 11.9 Å². The van der Waals surface area contributed by atoms with Gasteiger partial charge in [0.05, 0.1) is 7.11 Å². The molecule has 1 fully saturated rings. The molecule has 138 valence electrons. The van der Waals surface area contributed by atoms with Gasteiger partial charge >= 0.3 is 11.9 Å². The third-order valence-electron chi connectivity index (χ3n) is 3.38. The lowest BCUT2D eigenvalue weighted by Crippen LogP contribution is -2.45. The Morgan fingerprint density at radius 2 is 2.08 bits per heavy atom. The van der Waals surface area contributed by atoms with Gasteiger partial charge in [-0.1, -0.05) is 6.08 Å². The fraction of sp³-hybridized carbons (Fsp3) is 0.765. The summed E-state index contributed by atoms with van der Waals surface area (Å²) in [6.07, 6.45) is 2.67. The highest BCUT2D eigenvalue weighted by atomic mass is 19.1. The second-order valence-corrected chi connectivity index (χ2v) is 6.74. The van der Waals surface area contributed by atoms with E-state index in [1.165, 1.54) is 13.2 Å². The number of allylic oxidation sites excluding steroid dienone is 1. The predicted molar refractivity (Wildman–Crippen MR) is 87.3 cm³/mol. The van der Waals surface area contributed by atoms with Crippen LogP contribution in [0.15, 0.2) is 12.2 Å². The van der Waals surface area contributed by atoms with Gasteiger partial charge in [-0.15, -0.1) is 0 Å². The van der Waals surface area contributed by atoms with Crippen molar-refractivity contribution in [3.63, 3.8) is 0 Å². The molecule has 0 spiro atoms. The van der Waals surface area contributed by atoms with Gasteiger partial charge in [0.15, 0.2) is 6.10 Å². The maximum Gasteiger partial charge on any atom is 0.337 e. The number of alkyl halides is 1. The summed E-state index contributed by atoms with van der Waals surface area (Å²) in [7, 11) is 1.31. The van der Waals surface area contributed by atoms with Crippen LogP contribution in [0.5, 0.6) is 0 Å². The minimum Gasteiger partial charge on any atom is -0.466 e. The molecule has 1 saturated heterocycles. The number of esters is 2. The van der Waals surface area contributed by atoms with Crippen LogP contribution in [0.4, 0.5) is 4.39 Å². The molecule has 1 rings (SSSR count). The molecule has 1 aliphatic rings. The molecule has 1 unspecified atom stereocenters. The normalized spacial score (nSPS) is 22.5. The van der Waals surface area contributed by atoms with E-state index in [4.69, 9.17) is 9.47 Å². The molecule has 0 aliphatic carbocycles. The average molecular weight is 345 g/mol. The number of nitrogens with one attached hydrogen (secondary N) is 1. The number of ether oxygens (including phenoxy) is 3. The standard InChI is InChI=1S/C17H28FNO5/c1-17(2,3)24-16(21)15(13-10-12(18)11-19-13)23-9-7-5-6-8-14(20)22-4/h6,8,12-13,15,19H,5,7,9-11H2,1-4H3/t12-,13-,15?/m0/s1. The molecular formula is C17H28FNO5. The first-order valence-corrected chi connectivity index (χ1v) is 8.19. The quantitative estimate of drug-likeness (QED) is 0.412. The van der Waals surface area contributed by atoms with Crippen LogP contribution in [-0.4, -0.2) is 56.1 Å². The summed E-state index contributed by atoms with van der Waals surface area (Å²) >= 11 is 0. The second-order valence-electron chi connectivity index (χ2n) is 6.74. The van der Waals surface area contributed by atoms with Gasteiger partial charge in [0.1, 0.15) is 11.8 Å². The fourth-order valence-corrected chi connectivity index (χ4v) is 2.32. The Kier molecular flexibility index (Phi) is 8.35. The SMILES string of the molecule is COC(=O)C=CCCCOC(C(=O)OC(C)(C)C)[C@@H]1C[C@H](F)CN1. The summed E-state index contributed by atoms with van der Waals surface area (Å²) in [6, 6.07) is -0.388. The maximum atomic E-state index is 13.4. The number of methoxy groups -OCH3 is 1. The molecule has 7 heteroatoms. The van der Waals surface area contributed by atoms with E-state index in [2.05, 4.69) is 10.1 Å². The number of hydrogen-bond acceptors (Lipinski definition) is 6. The van der Waals surface area contributed by atoms with Gasteiger partial charge in [0.25, 0.3) is 0 Å². The first-order chi connectivity index (χ1) is 11.2. The zero-order chi connectivity index (χ0) is 18.2. The summed E-state index contributed by atoms with van der Waals surface area (Å²) in [5.74, 6) is -0.897. The second kappa shape index (κ2) is 9.74. The molecule has 0 saturated carbocycles. The lowest BCUT2D eigenvalue weighted by atomic mass is 10.1. The van der Waals surface area contributed by atoms with Crippen molar-refractivity contribution in [2.75, 3.05) is 20.3 Å². The molecule has 0 aromatic carbocycles. The third-order valence-corrected chi connectivity index (χ3v) is 3.38. The Labute approximate surface area is 142 Å². The largest absolute Gasteiger partial charge is 0.466 e. The van der Waals surface area contributed by atoms with Crippen LogP contribution in [-0.2, 0) is 23.8 Å². The Morgan fingerprint density at radius 3 is 2.62 bits per heavy atom. The number of unbranched alkanes of at least 4 members (excludes halogenated alkanes) is 1. The van der Waals surface area contributed by atoms with Crippen molar-refractivity contribution in [1.82, 2.24) is 5.32 Å². The van der Waals surface area contributed by atoms with Crippen molar-refractivity contribution in [3.8, 4) is 0 Å². The Hall–Kier alpha value is -1.47. The van der Waals surface area contributed by atoms with Gasteiger partial charge in [0.2, 0.25) is 0 Å². The van der Waals surface area contributed by atoms with E-state index < -0.39 is 29.8 Å². The monoisotopic (exact) mass is 345 g/mol. The Balaban J connectivity index is 2.48. The molecule has 6 nitrogen and oxygen atoms in total. The average Bonchev–Trinajstić information content (AvgIpc) is 2.90. The lowest BCUT2D eigenvalue weighted by molar-refractivity contribution is -0.170. The van der Waals surface area contributed by atoms with Crippen LogP contribution >= 0.6 is 0 Å². The Morgan fingerprint density at radius 1 is 1.38 bits per heavy atom. The molecule has 1 heterocycles. The lowest BCUT2D eigenvalue weighted by Gasteiger charge is -2.27. The van der Waals surface area contributed by atoms with Crippen molar-refractivity contribution in [2.45, 2.75) is 64.0 Å². The maximum absolute atomic E-state index is 13.4. The number of hydrogen-bond donors (Lipinski definition) is 1. The van der Waals surface area contributed by atoms with E-state index in [0.717, 1.165) is 0 Å². The summed E-state index contributed by atoms with van der Waals surface area (Å²) in [5.41, 5.74) is -0.629. The van der Waals surface area contributed by atoms with E-state index >= 15 is 0 Å². The smallest absolute Gasteiger partial charge is 0.337 e. The molecule has 1 aliphatic heterocycles. The number of halogens is 1. The molecule has 1 N–H and O–H groups in total. The van der Waals surface area contributed by atoms with Crippen LogP contribution < -0.4 is 5.32 Å². The van der Waals surface area contributed by atoms with Gasteiger partial charge in [0, 0.05) is 25.3 Å². The molecule has 0 aromatic heterocycles. The molecule has 24 heavy (non-hydrogen) atoms. The fourth-order valence-electron chi connectivity index (χ4n) is 2.32. The third kappa shape index (κ3) is 7.88. The molecule has 0 aromatic rings. The van der Waals surface area contributed by atoms with E-state index in [-0.39, 0.29) is 19.0 Å². The highest BCUT2D eigenvalue weighted by Gasteiger charge is 2.37. The van der Waals surface area contributed by atoms with Crippen LogP contribution in [0.25, 0.3) is 0 Å². The van der Waals surface area contributed by atoms with E-state index in [1.807, 2.05) is 0 Å². The van der Waals surface area contributed by atoms with Gasteiger partial charge in [-0.25, -0.2) is 14.0 Å². The Bertz CT molecular complexity index is 447. The zero-order valence-electron chi connectivity index (χ0n) is 14.8. The molecule has 3 atom stereocenters. The van der Waals surface area contributed by atoms with E-state index in [1.54, 1.807) is 26.8 Å². The summed E-state index contributed by atoms with van der Waals surface area (Å²) in [6.45, 7) is 5.86. The van der Waals surface area contributed by atoms with Crippen LogP contribution in [0.2, 0.25) is 0 Å². The summed E-state index contributed by atoms with van der Waals surface area (Å²) in [4.78, 5) is 23.3. The minimum absolute atomic E-state index is 0.217. The van der Waals surface area contributed by atoms with Crippen molar-refractivity contribution in [2.24, 2.45) is 0 Å². The number of carbonyl (C=O) groups excluding carboxylic acids is 2. The first kappa shape index (κ1) is 20.6. The van der Waals surface area contributed by atoms with Crippen molar-refractivity contribution < 1.29 is 28.2 Å². The first-order valence-electron chi connectivity index (χ1n) is 8.19. The van der Waals surface area contributed by atoms with Crippen molar-refractivity contribution in [3.05, 3.63) is 12.2 Å². The highest BCUT2D eigenvalue weighted by Crippen LogP contribution is 2.19. The minimum atomic E-state index is -0.980. The van der Waals surface area contributed by atoms with Gasteiger partial charge < -0.3 is 19.5 Å². The van der Waals surface area contributed by atoms with Crippen molar-refractivity contribution in [1.29, 1.82) is 0 Å². The predicted octanol–water partition coefficient (Wildman–Crippen LogP) is 1.92. The number of carbonyl (C=O) groups is 2. The van der Waals surface area contributed by atoms with E-state index in [9.17, 15) is 14.0 Å². The molecule has 0 bridgehead atoms. The summed E-state index contributed by atoms with van der Waals surface area (Å²) in [5, 5.41) is 2.97. The highest BCUT2D eigenvalue weighted by molar-refractivity contribution is 5.81. The molecular weight excluding hydrogens is 317 g/mol. The topological polar surface area (TPSA) is 73.9 Å². The van der Waals surface area contributed by atoms with E-state index in [0.29, 0.717) is 19.4 Å². The van der Waals surface area contributed by atoms with Gasteiger partial charge in [-0.2, -0.15) is 0 Å². The van der Waals surface area contributed by atoms with Crippen LogP contribution in [0.3, 0.4) is 0 Å². The summed E-state index contributed by atoms with van der Waals surface area (Å²) < 4.78 is 28.9. The molecule has 0 radical (unpaired) electrons. The number of rotatable bonds is 8. The van der Waals surface area contributed by atoms with Crippen LogP contribution in [0, 0.1) is 0 Å². The molecule has 0 amide bonds.